The molecule has 0 aliphatic carbocycles. The summed E-state index contributed by atoms with van der Waals surface area (Å²) in [6.45, 7) is 5.45. The fraction of sp³-hybridized carbons (Fsp3) is 0.571. The van der Waals surface area contributed by atoms with Crippen molar-refractivity contribution < 1.29 is 4.39 Å². The summed E-state index contributed by atoms with van der Waals surface area (Å²) in [5.41, 5.74) is 0.618. The van der Waals surface area contributed by atoms with E-state index in [-0.39, 0.29) is 11.2 Å². The second kappa shape index (κ2) is 7.98. The van der Waals surface area contributed by atoms with Crippen molar-refractivity contribution in [3.63, 3.8) is 0 Å². The minimum absolute atomic E-state index is 0.0929. The minimum Gasteiger partial charge on any atom is -0.311 e. The standard InChI is InChI=1S/C14H20Cl2FN/c1-3-10(4-2)13(16)9-18-8-11-5-6-12(15)7-14(11)17/h5-7,10,13,18H,3-4,8-9H2,1-2H3. The molecule has 1 atom stereocenters. The molecule has 0 saturated heterocycles. The third-order valence-electron chi connectivity index (χ3n) is 3.23. The first-order valence-corrected chi connectivity index (χ1v) is 7.18. The average molecular weight is 292 g/mol. The van der Waals surface area contributed by atoms with Crippen molar-refractivity contribution in [3.8, 4) is 0 Å². The molecule has 0 radical (unpaired) electrons. The van der Waals surface area contributed by atoms with Crippen LogP contribution in [0.25, 0.3) is 0 Å². The molecule has 1 nitrogen and oxygen atoms in total. The van der Waals surface area contributed by atoms with Gasteiger partial charge in [0, 0.05) is 29.1 Å². The van der Waals surface area contributed by atoms with Gasteiger partial charge in [-0.1, -0.05) is 44.4 Å². The van der Waals surface area contributed by atoms with Crippen LogP contribution in [0.4, 0.5) is 4.39 Å². The van der Waals surface area contributed by atoms with Crippen LogP contribution < -0.4 is 5.32 Å². The SMILES string of the molecule is CCC(CC)C(Cl)CNCc1ccc(Cl)cc1F. The Hall–Kier alpha value is -0.310. The van der Waals surface area contributed by atoms with Crippen molar-refractivity contribution in [1.29, 1.82) is 0 Å². The Kier molecular flexibility index (Phi) is 6.98. The largest absolute Gasteiger partial charge is 0.311 e. The maximum atomic E-state index is 13.5. The summed E-state index contributed by atoms with van der Waals surface area (Å²) in [7, 11) is 0. The first-order chi connectivity index (χ1) is 8.58. The van der Waals surface area contributed by atoms with E-state index in [0.29, 0.717) is 29.6 Å². The summed E-state index contributed by atoms with van der Waals surface area (Å²) in [4.78, 5) is 0. The van der Waals surface area contributed by atoms with Crippen molar-refractivity contribution in [3.05, 3.63) is 34.6 Å². The smallest absolute Gasteiger partial charge is 0.129 e. The van der Waals surface area contributed by atoms with Gasteiger partial charge in [-0.2, -0.15) is 0 Å². The molecule has 1 N–H and O–H groups in total. The lowest BCUT2D eigenvalue weighted by molar-refractivity contribution is 0.444. The van der Waals surface area contributed by atoms with E-state index in [1.165, 1.54) is 6.07 Å². The molecule has 0 aromatic heterocycles. The maximum Gasteiger partial charge on any atom is 0.129 e. The normalized spacial score (nSPS) is 13.0. The summed E-state index contributed by atoms with van der Waals surface area (Å²) >= 11 is 12.0. The van der Waals surface area contributed by atoms with Gasteiger partial charge in [0.05, 0.1) is 0 Å². The van der Waals surface area contributed by atoms with Gasteiger partial charge >= 0.3 is 0 Å². The number of alkyl halides is 1. The highest BCUT2D eigenvalue weighted by molar-refractivity contribution is 6.30. The topological polar surface area (TPSA) is 12.0 Å². The van der Waals surface area contributed by atoms with E-state index in [2.05, 4.69) is 19.2 Å². The zero-order chi connectivity index (χ0) is 13.5. The Morgan fingerprint density at radius 2 is 1.94 bits per heavy atom. The Balaban J connectivity index is 2.41. The van der Waals surface area contributed by atoms with E-state index in [0.717, 1.165) is 12.8 Å². The van der Waals surface area contributed by atoms with Crippen molar-refractivity contribution in [2.75, 3.05) is 6.54 Å². The lowest BCUT2D eigenvalue weighted by Crippen LogP contribution is -2.28. The number of hydrogen-bond acceptors (Lipinski definition) is 1. The summed E-state index contributed by atoms with van der Waals surface area (Å²) in [5.74, 6) is 0.234. The van der Waals surface area contributed by atoms with E-state index in [9.17, 15) is 4.39 Å². The molecular formula is C14H20Cl2FN. The van der Waals surface area contributed by atoms with Gasteiger partial charge in [-0.3, -0.25) is 0 Å². The summed E-state index contributed by atoms with van der Waals surface area (Å²) in [5, 5.41) is 3.71. The van der Waals surface area contributed by atoms with E-state index in [4.69, 9.17) is 23.2 Å². The molecule has 18 heavy (non-hydrogen) atoms. The molecule has 0 bridgehead atoms. The van der Waals surface area contributed by atoms with Gasteiger partial charge in [-0.05, 0) is 18.1 Å². The van der Waals surface area contributed by atoms with E-state index in [1.54, 1.807) is 12.1 Å². The van der Waals surface area contributed by atoms with Crippen LogP contribution in [-0.4, -0.2) is 11.9 Å². The third kappa shape index (κ3) is 4.75. The second-order valence-electron chi connectivity index (χ2n) is 4.46. The highest BCUT2D eigenvalue weighted by atomic mass is 35.5. The Morgan fingerprint density at radius 3 is 2.50 bits per heavy atom. The maximum absolute atomic E-state index is 13.5. The molecule has 102 valence electrons. The molecule has 0 saturated carbocycles. The first kappa shape index (κ1) is 15.7. The number of halogens is 3. The fourth-order valence-electron chi connectivity index (χ4n) is 1.98. The molecule has 1 unspecified atom stereocenters. The molecule has 0 amide bonds. The quantitative estimate of drug-likeness (QED) is 0.723. The van der Waals surface area contributed by atoms with Gasteiger partial charge in [0.1, 0.15) is 5.82 Å². The Bertz CT molecular complexity index is 367. The van der Waals surface area contributed by atoms with Crippen LogP contribution in [0.2, 0.25) is 5.02 Å². The Morgan fingerprint density at radius 1 is 1.28 bits per heavy atom. The predicted molar refractivity (Wildman–Crippen MR) is 76.8 cm³/mol. The number of benzene rings is 1. The number of hydrogen-bond donors (Lipinski definition) is 1. The molecule has 0 heterocycles. The lowest BCUT2D eigenvalue weighted by atomic mass is 9.99. The first-order valence-electron chi connectivity index (χ1n) is 6.37. The molecule has 1 aromatic carbocycles. The number of rotatable bonds is 7. The van der Waals surface area contributed by atoms with Crippen LogP contribution in [-0.2, 0) is 6.54 Å². The van der Waals surface area contributed by atoms with Gasteiger partial charge in [0.25, 0.3) is 0 Å². The minimum atomic E-state index is -0.274. The van der Waals surface area contributed by atoms with Crippen LogP contribution in [0.1, 0.15) is 32.3 Å². The molecule has 0 aliphatic rings. The van der Waals surface area contributed by atoms with E-state index < -0.39 is 0 Å². The molecule has 4 heteroatoms. The molecule has 1 aromatic rings. The van der Waals surface area contributed by atoms with Gasteiger partial charge in [-0.25, -0.2) is 4.39 Å². The summed E-state index contributed by atoms with van der Waals surface area (Å²) < 4.78 is 13.5. The predicted octanol–water partition coefficient (Wildman–Crippen LogP) is 4.61. The van der Waals surface area contributed by atoms with Gasteiger partial charge < -0.3 is 5.32 Å². The second-order valence-corrected chi connectivity index (χ2v) is 5.46. The number of nitrogens with one attached hydrogen (secondary N) is 1. The lowest BCUT2D eigenvalue weighted by Gasteiger charge is -2.19. The molecule has 0 aliphatic heterocycles. The summed E-state index contributed by atoms with van der Waals surface area (Å²) in [6, 6.07) is 4.73. The fourth-order valence-corrected chi connectivity index (χ4v) is 2.60. The van der Waals surface area contributed by atoms with Crippen molar-refractivity contribution >= 4 is 23.2 Å². The van der Waals surface area contributed by atoms with Gasteiger partial charge in [0.2, 0.25) is 0 Å². The molecule has 1 rings (SSSR count). The van der Waals surface area contributed by atoms with E-state index in [1.807, 2.05) is 0 Å². The van der Waals surface area contributed by atoms with Crippen molar-refractivity contribution in [2.24, 2.45) is 5.92 Å². The van der Waals surface area contributed by atoms with Gasteiger partial charge in [-0.15, -0.1) is 11.6 Å². The zero-order valence-electron chi connectivity index (χ0n) is 10.8. The Labute approximate surface area is 119 Å². The third-order valence-corrected chi connectivity index (χ3v) is 3.98. The van der Waals surface area contributed by atoms with Crippen LogP contribution in [0.3, 0.4) is 0 Å². The molecular weight excluding hydrogens is 272 g/mol. The molecule has 0 fully saturated rings. The van der Waals surface area contributed by atoms with Crippen LogP contribution in [0.15, 0.2) is 18.2 Å². The zero-order valence-corrected chi connectivity index (χ0v) is 12.4. The monoisotopic (exact) mass is 291 g/mol. The summed E-state index contributed by atoms with van der Waals surface area (Å²) in [6.07, 6.45) is 2.14. The van der Waals surface area contributed by atoms with Crippen LogP contribution in [0, 0.1) is 11.7 Å². The highest BCUT2D eigenvalue weighted by Gasteiger charge is 2.15. The van der Waals surface area contributed by atoms with E-state index >= 15 is 0 Å². The van der Waals surface area contributed by atoms with Crippen LogP contribution in [0.5, 0.6) is 0 Å². The van der Waals surface area contributed by atoms with Gasteiger partial charge in [0.15, 0.2) is 0 Å². The molecule has 0 spiro atoms. The van der Waals surface area contributed by atoms with Crippen LogP contribution >= 0.6 is 23.2 Å². The average Bonchev–Trinajstić information content (AvgIpc) is 2.33. The van der Waals surface area contributed by atoms with Crippen molar-refractivity contribution in [1.82, 2.24) is 5.32 Å². The van der Waals surface area contributed by atoms with Crippen molar-refractivity contribution in [2.45, 2.75) is 38.6 Å². The highest BCUT2D eigenvalue weighted by Crippen LogP contribution is 2.18.